The number of ether oxygens (including phenoxy) is 1. The summed E-state index contributed by atoms with van der Waals surface area (Å²) in [5.41, 5.74) is 1.45. The van der Waals surface area contributed by atoms with Crippen molar-refractivity contribution in [3.05, 3.63) is 30.3 Å². The molecule has 0 unspecified atom stereocenters. The molecule has 0 radical (unpaired) electrons. The van der Waals surface area contributed by atoms with Crippen LogP contribution in [-0.2, 0) is 9.53 Å². The Balaban J connectivity index is 2.30. The molecule has 0 bridgehead atoms. The van der Waals surface area contributed by atoms with Gasteiger partial charge in [-0.3, -0.25) is 9.78 Å². The zero-order valence-electron chi connectivity index (χ0n) is 8.56. The Morgan fingerprint density at radius 2 is 2.40 bits per heavy atom. The summed E-state index contributed by atoms with van der Waals surface area (Å²) in [6, 6.07) is 3.70. The molecule has 0 amide bonds. The molecule has 2 heterocycles. The minimum Gasteiger partial charge on any atom is -0.463 e. The van der Waals surface area contributed by atoms with E-state index in [9.17, 15) is 4.79 Å². The molecule has 78 valence electrons. The van der Waals surface area contributed by atoms with Crippen LogP contribution < -0.4 is 0 Å². The second kappa shape index (κ2) is 3.73. The molecule has 2 aromatic heterocycles. The number of nitrogens with zero attached hydrogens (tertiary/aromatic N) is 1. The number of carbonyl (C=O) groups excluding carboxylic acids is 1. The molecule has 0 aromatic carbocycles. The van der Waals surface area contributed by atoms with Gasteiger partial charge in [0.1, 0.15) is 6.10 Å². The molecule has 15 heavy (non-hydrogen) atoms. The minimum atomic E-state index is -0.332. The maximum absolute atomic E-state index is 10.8. The number of esters is 1. The van der Waals surface area contributed by atoms with Crippen molar-refractivity contribution in [1.82, 2.24) is 4.98 Å². The molecule has 0 aliphatic heterocycles. The summed E-state index contributed by atoms with van der Waals surface area (Å²) in [4.78, 5) is 14.9. The van der Waals surface area contributed by atoms with Crippen LogP contribution in [0.1, 0.15) is 25.6 Å². The van der Waals surface area contributed by atoms with Gasteiger partial charge in [0.15, 0.2) is 5.58 Å². The molecule has 1 atom stereocenters. The lowest BCUT2D eigenvalue weighted by molar-refractivity contribution is -0.145. The number of hydrogen-bond acceptors (Lipinski definition) is 4. The Morgan fingerprint density at radius 1 is 1.60 bits per heavy atom. The topological polar surface area (TPSA) is 52.3 Å². The van der Waals surface area contributed by atoms with Gasteiger partial charge in [-0.05, 0) is 19.1 Å². The number of rotatable bonds is 2. The van der Waals surface area contributed by atoms with Gasteiger partial charge < -0.3 is 9.15 Å². The molecule has 0 saturated carbocycles. The number of aromatic nitrogens is 1. The van der Waals surface area contributed by atoms with Gasteiger partial charge in [-0.1, -0.05) is 0 Å². The quantitative estimate of drug-likeness (QED) is 0.706. The van der Waals surface area contributed by atoms with Crippen LogP contribution in [0, 0.1) is 0 Å². The van der Waals surface area contributed by atoms with Crippen LogP contribution in [0.4, 0.5) is 0 Å². The van der Waals surface area contributed by atoms with Crippen LogP contribution in [0.25, 0.3) is 11.0 Å². The first kappa shape index (κ1) is 9.71. The van der Waals surface area contributed by atoms with E-state index in [-0.39, 0.29) is 12.1 Å². The predicted molar refractivity (Wildman–Crippen MR) is 54.2 cm³/mol. The van der Waals surface area contributed by atoms with Gasteiger partial charge in [0.25, 0.3) is 0 Å². The Labute approximate surface area is 86.9 Å². The van der Waals surface area contributed by atoms with Gasteiger partial charge in [0.05, 0.1) is 18.2 Å². The molecular formula is C11H11NO3. The highest BCUT2D eigenvalue weighted by molar-refractivity contribution is 5.76. The fourth-order valence-electron chi connectivity index (χ4n) is 1.42. The summed E-state index contributed by atoms with van der Waals surface area (Å²) in [6.07, 6.45) is 2.90. The normalized spacial score (nSPS) is 12.7. The number of hydrogen-bond donors (Lipinski definition) is 0. The molecule has 4 heteroatoms. The Kier molecular flexibility index (Phi) is 2.41. The van der Waals surface area contributed by atoms with Crippen LogP contribution in [-0.4, -0.2) is 11.0 Å². The summed E-state index contributed by atoms with van der Waals surface area (Å²) < 4.78 is 10.2. The van der Waals surface area contributed by atoms with E-state index in [1.54, 1.807) is 19.4 Å². The van der Waals surface area contributed by atoms with E-state index in [1.807, 2.05) is 12.1 Å². The van der Waals surface area contributed by atoms with Gasteiger partial charge in [-0.25, -0.2) is 0 Å². The Bertz CT molecular complexity index is 489. The zero-order chi connectivity index (χ0) is 10.8. The third kappa shape index (κ3) is 1.98. The van der Waals surface area contributed by atoms with Crippen LogP contribution in [0.5, 0.6) is 0 Å². The van der Waals surface area contributed by atoms with Crippen molar-refractivity contribution in [2.24, 2.45) is 0 Å². The van der Waals surface area contributed by atoms with Gasteiger partial charge in [-0.15, -0.1) is 0 Å². The van der Waals surface area contributed by atoms with Crippen LogP contribution in [0.3, 0.4) is 0 Å². The SMILES string of the molecule is CC(=O)O[C@@H](C)c1cc2ccoc2cn1. The lowest BCUT2D eigenvalue weighted by atomic mass is 10.2. The highest BCUT2D eigenvalue weighted by Crippen LogP contribution is 2.20. The Hall–Kier alpha value is -1.84. The largest absolute Gasteiger partial charge is 0.463 e. The fourth-order valence-corrected chi connectivity index (χ4v) is 1.42. The average Bonchev–Trinajstić information content (AvgIpc) is 2.62. The van der Waals surface area contributed by atoms with Crippen molar-refractivity contribution in [2.75, 3.05) is 0 Å². The molecule has 0 aliphatic rings. The number of carbonyl (C=O) groups is 1. The first-order valence-corrected chi connectivity index (χ1v) is 4.67. The number of furan rings is 1. The molecule has 4 nitrogen and oxygen atoms in total. The van der Waals surface area contributed by atoms with E-state index < -0.39 is 0 Å². The summed E-state index contributed by atoms with van der Waals surface area (Å²) in [5, 5.41) is 0.957. The van der Waals surface area contributed by atoms with E-state index in [0.717, 1.165) is 16.7 Å². The maximum Gasteiger partial charge on any atom is 0.303 e. The lowest BCUT2D eigenvalue weighted by Crippen LogP contribution is -2.06. The van der Waals surface area contributed by atoms with Gasteiger partial charge in [-0.2, -0.15) is 0 Å². The lowest BCUT2D eigenvalue weighted by Gasteiger charge is -2.10. The van der Waals surface area contributed by atoms with Crippen molar-refractivity contribution in [1.29, 1.82) is 0 Å². The van der Waals surface area contributed by atoms with Crippen molar-refractivity contribution >= 4 is 16.9 Å². The monoisotopic (exact) mass is 205 g/mol. The molecule has 0 N–H and O–H groups in total. The first-order chi connectivity index (χ1) is 7.16. The molecule has 2 rings (SSSR count). The molecule has 2 aromatic rings. The summed E-state index contributed by atoms with van der Waals surface area (Å²) in [6.45, 7) is 3.17. The summed E-state index contributed by atoms with van der Waals surface area (Å²) in [5.74, 6) is -0.309. The zero-order valence-corrected chi connectivity index (χ0v) is 8.56. The van der Waals surface area contributed by atoms with Crippen molar-refractivity contribution in [3.63, 3.8) is 0 Å². The van der Waals surface area contributed by atoms with E-state index in [4.69, 9.17) is 9.15 Å². The Morgan fingerprint density at radius 3 is 3.13 bits per heavy atom. The summed E-state index contributed by atoms with van der Waals surface area (Å²) >= 11 is 0. The van der Waals surface area contributed by atoms with Crippen LogP contribution >= 0.6 is 0 Å². The van der Waals surface area contributed by atoms with Crippen molar-refractivity contribution in [2.45, 2.75) is 20.0 Å². The van der Waals surface area contributed by atoms with Gasteiger partial charge in [0.2, 0.25) is 0 Å². The predicted octanol–water partition coefficient (Wildman–Crippen LogP) is 2.45. The molecule has 0 spiro atoms. The molecule has 0 saturated heterocycles. The van der Waals surface area contributed by atoms with Crippen LogP contribution in [0.2, 0.25) is 0 Å². The highest BCUT2D eigenvalue weighted by atomic mass is 16.5. The first-order valence-electron chi connectivity index (χ1n) is 4.67. The van der Waals surface area contributed by atoms with Gasteiger partial charge in [0, 0.05) is 12.3 Å². The van der Waals surface area contributed by atoms with Crippen molar-refractivity contribution in [3.8, 4) is 0 Å². The summed E-state index contributed by atoms with van der Waals surface area (Å²) in [7, 11) is 0. The van der Waals surface area contributed by atoms with Gasteiger partial charge >= 0.3 is 5.97 Å². The standard InChI is InChI=1S/C11H11NO3/c1-7(15-8(2)13)10-5-9-3-4-14-11(9)6-12-10/h3-7H,1-2H3/t7-/m0/s1. The second-order valence-corrected chi connectivity index (χ2v) is 3.32. The fraction of sp³-hybridized carbons (Fsp3) is 0.273. The maximum atomic E-state index is 10.8. The van der Waals surface area contributed by atoms with E-state index in [2.05, 4.69) is 4.98 Å². The smallest absolute Gasteiger partial charge is 0.303 e. The average molecular weight is 205 g/mol. The third-order valence-electron chi connectivity index (χ3n) is 2.12. The number of fused-ring (bicyclic) bond motifs is 1. The second-order valence-electron chi connectivity index (χ2n) is 3.32. The minimum absolute atomic E-state index is 0.309. The molecule has 0 fully saturated rings. The van der Waals surface area contributed by atoms with E-state index >= 15 is 0 Å². The van der Waals surface area contributed by atoms with Crippen LogP contribution in [0.15, 0.2) is 29.0 Å². The number of pyridine rings is 1. The van der Waals surface area contributed by atoms with E-state index in [1.165, 1.54) is 6.92 Å². The van der Waals surface area contributed by atoms with E-state index in [0.29, 0.717) is 0 Å². The third-order valence-corrected chi connectivity index (χ3v) is 2.12. The highest BCUT2D eigenvalue weighted by Gasteiger charge is 2.11. The van der Waals surface area contributed by atoms with Crippen molar-refractivity contribution < 1.29 is 13.9 Å². The molecule has 0 aliphatic carbocycles. The molecular weight excluding hydrogens is 194 g/mol.